The Hall–Kier alpha value is -3.11. The van der Waals surface area contributed by atoms with Crippen LogP contribution in [-0.2, 0) is 32.7 Å². The van der Waals surface area contributed by atoms with Crippen molar-refractivity contribution >= 4 is 19.8 Å². The number of hydrogen-bond acceptors (Lipinski definition) is 9. The molecule has 0 aromatic carbocycles. The first-order valence-corrected chi connectivity index (χ1v) is 22.3. The van der Waals surface area contributed by atoms with Gasteiger partial charge in [0, 0.05) is 19.4 Å². The van der Waals surface area contributed by atoms with Crippen LogP contribution in [0.1, 0.15) is 136 Å². The van der Waals surface area contributed by atoms with Gasteiger partial charge in [0.1, 0.15) is 6.61 Å². The van der Waals surface area contributed by atoms with E-state index in [9.17, 15) is 24.2 Å². The highest BCUT2D eigenvalue weighted by Crippen LogP contribution is 2.43. The van der Waals surface area contributed by atoms with Crippen molar-refractivity contribution in [1.82, 2.24) is 0 Å². The summed E-state index contributed by atoms with van der Waals surface area (Å²) < 4.78 is 32.6. The van der Waals surface area contributed by atoms with Gasteiger partial charge in [-0.25, -0.2) is 4.57 Å². The SMILES string of the molecule is CCCCC/C=C\C/C=C\C/C=C\C/C=C\CCCC(=O)O[C@H](COC(=O)CCC/C=C/C=C\C(O)C/C=C\C/C=C\CCCCC)COP(=O)(O)OCCN. The van der Waals surface area contributed by atoms with Crippen molar-refractivity contribution in [3.8, 4) is 0 Å². The van der Waals surface area contributed by atoms with Crippen molar-refractivity contribution in [2.45, 2.75) is 148 Å². The van der Waals surface area contributed by atoms with Gasteiger partial charge in [-0.3, -0.25) is 18.6 Å². The molecule has 0 saturated carbocycles. The molecule has 0 aliphatic carbocycles. The van der Waals surface area contributed by atoms with Crippen LogP contribution in [0.4, 0.5) is 0 Å². The lowest BCUT2D eigenvalue weighted by Crippen LogP contribution is -2.29. The lowest BCUT2D eigenvalue weighted by atomic mass is 10.2. The van der Waals surface area contributed by atoms with E-state index in [-0.39, 0.29) is 32.6 Å². The number of allylic oxidation sites excluding steroid dienone is 14. The van der Waals surface area contributed by atoms with E-state index in [1.165, 1.54) is 38.5 Å². The first-order chi connectivity index (χ1) is 27.2. The Morgan fingerprint density at radius 1 is 0.625 bits per heavy atom. The Balaban J connectivity index is 4.48. The summed E-state index contributed by atoms with van der Waals surface area (Å²) in [5.41, 5.74) is 5.33. The summed E-state index contributed by atoms with van der Waals surface area (Å²) in [4.78, 5) is 34.8. The number of carbonyl (C=O) groups excluding carboxylic acids is 2. The fourth-order valence-electron chi connectivity index (χ4n) is 4.87. The van der Waals surface area contributed by atoms with Crippen LogP contribution in [0.2, 0.25) is 0 Å². The minimum absolute atomic E-state index is 0.0198. The Labute approximate surface area is 339 Å². The van der Waals surface area contributed by atoms with Crippen molar-refractivity contribution in [2.75, 3.05) is 26.4 Å². The number of rotatable bonds is 37. The lowest BCUT2D eigenvalue weighted by Gasteiger charge is -2.19. The molecule has 0 rings (SSSR count). The van der Waals surface area contributed by atoms with E-state index >= 15 is 0 Å². The minimum Gasteiger partial charge on any atom is -0.462 e. The number of hydrogen-bond donors (Lipinski definition) is 3. The van der Waals surface area contributed by atoms with Crippen LogP contribution < -0.4 is 5.73 Å². The van der Waals surface area contributed by atoms with Crippen molar-refractivity contribution in [2.24, 2.45) is 5.73 Å². The van der Waals surface area contributed by atoms with Gasteiger partial charge in [0.15, 0.2) is 6.10 Å². The molecule has 0 radical (unpaired) electrons. The maximum absolute atomic E-state index is 12.5. The Morgan fingerprint density at radius 3 is 1.68 bits per heavy atom. The maximum atomic E-state index is 12.5. The minimum atomic E-state index is -4.43. The summed E-state index contributed by atoms with van der Waals surface area (Å²) in [6.45, 7) is 3.41. The molecule has 56 heavy (non-hydrogen) atoms. The average Bonchev–Trinajstić information content (AvgIpc) is 3.18. The number of carbonyl (C=O) groups is 2. The third-order valence-electron chi connectivity index (χ3n) is 8.02. The van der Waals surface area contributed by atoms with Crippen LogP contribution in [0.5, 0.6) is 0 Å². The maximum Gasteiger partial charge on any atom is 0.472 e. The number of ether oxygens (including phenoxy) is 2. The molecule has 318 valence electrons. The van der Waals surface area contributed by atoms with Crippen molar-refractivity contribution in [1.29, 1.82) is 0 Å². The summed E-state index contributed by atoms with van der Waals surface area (Å²) in [6.07, 6.45) is 47.6. The monoisotopic (exact) mass is 804 g/mol. The van der Waals surface area contributed by atoms with E-state index in [1.54, 1.807) is 12.2 Å². The zero-order valence-electron chi connectivity index (χ0n) is 34.4. The molecule has 0 aliphatic heterocycles. The second kappa shape index (κ2) is 40.1. The molecule has 10 nitrogen and oxygen atoms in total. The molecule has 0 saturated heterocycles. The predicted molar refractivity (Wildman–Crippen MR) is 230 cm³/mol. The summed E-state index contributed by atoms with van der Waals surface area (Å²) in [5.74, 6) is -1.04. The van der Waals surface area contributed by atoms with E-state index < -0.39 is 38.6 Å². The van der Waals surface area contributed by atoms with Gasteiger partial charge in [-0.2, -0.15) is 0 Å². The van der Waals surface area contributed by atoms with E-state index in [1.807, 2.05) is 30.4 Å². The van der Waals surface area contributed by atoms with Gasteiger partial charge in [-0.15, -0.1) is 0 Å². The van der Waals surface area contributed by atoms with Crippen LogP contribution in [-0.4, -0.2) is 60.5 Å². The molecule has 0 aromatic rings. The second-order valence-corrected chi connectivity index (χ2v) is 14.8. The van der Waals surface area contributed by atoms with Crippen molar-refractivity contribution in [3.05, 3.63) is 97.2 Å². The number of nitrogens with two attached hydrogens (primary N) is 1. The van der Waals surface area contributed by atoms with Crippen molar-refractivity contribution < 1.29 is 42.7 Å². The Kier molecular flexibility index (Phi) is 37.9. The Morgan fingerprint density at radius 2 is 1.12 bits per heavy atom. The first kappa shape index (κ1) is 52.9. The number of phosphoric ester groups is 1. The second-order valence-electron chi connectivity index (χ2n) is 13.3. The fourth-order valence-corrected chi connectivity index (χ4v) is 5.64. The van der Waals surface area contributed by atoms with Gasteiger partial charge in [0.2, 0.25) is 0 Å². The molecule has 0 amide bonds. The summed E-state index contributed by atoms with van der Waals surface area (Å²) in [5, 5.41) is 10.1. The van der Waals surface area contributed by atoms with Gasteiger partial charge >= 0.3 is 19.8 Å². The zero-order valence-corrected chi connectivity index (χ0v) is 35.3. The van der Waals surface area contributed by atoms with Crippen LogP contribution in [0.25, 0.3) is 0 Å². The third kappa shape index (κ3) is 39.1. The molecular weight excluding hydrogens is 729 g/mol. The number of aliphatic hydroxyl groups excluding tert-OH is 1. The molecule has 0 aromatic heterocycles. The number of unbranched alkanes of at least 4 members (excludes halogenated alkanes) is 8. The molecule has 0 fully saturated rings. The van der Waals surface area contributed by atoms with Crippen molar-refractivity contribution in [3.63, 3.8) is 0 Å². The van der Waals surface area contributed by atoms with Gasteiger partial charge < -0.3 is 25.2 Å². The zero-order chi connectivity index (χ0) is 41.2. The van der Waals surface area contributed by atoms with E-state index in [2.05, 4.69) is 68.5 Å². The molecule has 4 N–H and O–H groups in total. The number of aliphatic hydroxyl groups is 1. The topological polar surface area (TPSA) is 155 Å². The molecule has 11 heteroatoms. The van der Waals surface area contributed by atoms with Crippen LogP contribution >= 0.6 is 7.82 Å². The molecule has 0 bridgehead atoms. The van der Waals surface area contributed by atoms with E-state index in [0.29, 0.717) is 32.1 Å². The van der Waals surface area contributed by atoms with Crippen LogP contribution in [0, 0.1) is 0 Å². The molecular formula is C45H74NO9P. The van der Waals surface area contributed by atoms with Gasteiger partial charge in [0.05, 0.1) is 19.3 Å². The molecule has 0 heterocycles. The first-order valence-electron chi connectivity index (χ1n) is 20.8. The normalized spacial score (nSPS) is 14.9. The van der Waals surface area contributed by atoms with Gasteiger partial charge in [0.25, 0.3) is 0 Å². The standard InChI is InChI=1S/C45H74NO9P/c1-3-5-7-9-11-13-14-15-16-17-18-19-20-22-24-28-33-37-45(49)55-43(41-54-56(50,51)53-39-38-46)40-52-44(48)36-32-29-25-27-31-35-42(47)34-30-26-23-21-12-10-8-6-4-2/h11-13,15-16,18-19,21-22,24-27,30-31,35,42-43,47H,3-10,14,17,20,23,28-29,32-34,36-41,46H2,1-2H3,(H,50,51)/b13-11-,16-15-,19-18-,21-12-,24-22-,27-25+,30-26-,35-31-/t42?,43-/m1/s1. The summed E-state index contributed by atoms with van der Waals surface area (Å²) in [7, 11) is -4.43. The quantitative estimate of drug-likeness (QED) is 0.0182. The molecule has 0 spiro atoms. The predicted octanol–water partition coefficient (Wildman–Crippen LogP) is 10.8. The fraction of sp³-hybridized carbons (Fsp3) is 0.600. The average molecular weight is 804 g/mol. The highest BCUT2D eigenvalue weighted by atomic mass is 31.2. The summed E-state index contributed by atoms with van der Waals surface area (Å²) >= 11 is 0. The number of phosphoric acid groups is 1. The largest absolute Gasteiger partial charge is 0.472 e. The summed E-state index contributed by atoms with van der Waals surface area (Å²) in [6, 6.07) is 0. The number of esters is 2. The van der Waals surface area contributed by atoms with Crippen LogP contribution in [0.15, 0.2) is 97.2 Å². The van der Waals surface area contributed by atoms with E-state index in [4.69, 9.17) is 24.3 Å². The van der Waals surface area contributed by atoms with Gasteiger partial charge in [-0.05, 0) is 83.5 Å². The van der Waals surface area contributed by atoms with E-state index in [0.717, 1.165) is 38.5 Å². The van der Waals surface area contributed by atoms with Gasteiger partial charge in [-0.1, -0.05) is 137 Å². The smallest absolute Gasteiger partial charge is 0.462 e. The molecule has 3 atom stereocenters. The van der Waals surface area contributed by atoms with Crippen LogP contribution in [0.3, 0.4) is 0 Å². The molecule has 0 aliphatic rings. The lowest BCUT2D eigenvalue weighted by molar-refractivity contribution is -0.161. The highest BCUT2D eigenvalue weighted by Gasteiger charge is 2.25. The Bertz CT molecular complexity index is 1250. The molecule has 2 unspecified atom stereocenters. The highest BCUT2D eigenvalue weighted by molar-refractivity contribution is 7.47. The third-order valence-corrected chi connectivity index (χ3v) is 9.01.